The van der Waals surface area contributed by atoms with Crippen LogP contribution < -0.4 is 15.5 Å². The van der Waals surface area contributed by atoms with Crippen LogP contribution in [-0.2, 0) is 4.57 Å². The number of rotatable bonds is 4. The second-order valence-electron chi connectivity index (χ2n) is 12.8. The first-order chi connectivity index (χ1) is 25.2. The highest BCUT2D eigenvalue weighted by atomic mass is 31.2. The molecular weight excluding hydrogens is 643 g/mol. The van der Waals surface area contributed by atoms with Gasteiger partial charge >= 0.3 is 0 Å². The summed E-state index contributed by atoms with van der Waals surface area (Å²) in [6.07, 6.45) is 0. The minimum atomic E-state index is -3.83. The monoisotopic (exact) mass is 672 g/mol. The summed E-state index contributed by atoms with van der Waals surface area (Å²) in [6, 6.07) is 59.4. The largest absolute Gasteiger partial charge is 0.286 e. The molecule has 0 spiro atoms. The highest BCUT2D eigenvalue weighted by Gasteiger charge is 2.45. The van der Waals surface area contributed by atoms with Gasteiger partial charge in [0, 0.05) is 27.7 Å². The van der Waals surface area contributed by atoms with Gasteiger partial charge in [0.05, 0.1) is 5.69 Å². The fourth-order valence-corrected chi connectivity index (χ4v) is 10.4. The van der Waals surface area contributed by atoms with Crippen LogP contribution in [0.3, 0.4) is 0 Å². The predicted molar refractivity (Wildman–Crippen MR) is 211 cm³/mol. The zero-order valence-electron chi connectivity index (χ0n) is 27.4. The molecule has 1 aromatic heterocycles. The summed E-state index contributed by atoms with van der Waals surface area (Å²) >= 11 is 0. The van der Waals surface area contributed by atoms with Gasteiger partial charge in [0.15, 0.2) is 11.6 Å². The molecule has 0 fully saturated rings. The molecule has 0 amide bonds. The molecule has 1 atom stereocenters. The lowest BCUT2D eigenvalue weighted by molar-refractivity contribution is 0.585. The summed E-state index contributed by atoms with van der Waals surface area (Å²) in [5, 5.41) is 7.65. The highest BCUT2D eigenvalue weighted by Crippen LogP contribution is 2.61. The van der Waals surface area contributed by atoms with E-state index in [0.29, 0.717) is 17.0 Å². The fraction of sp³-hybridized carbons (Fsp3) is 0. The fourth-order valence-electron chi connectivity index (χ4n) is 7.57. The normalized spacial score (nSPS) is 15.2. The van der Waals surface area contributed by atoms with E-state index in [1.807, 2.05) is 95.7 Å². The lowest BCUT2D eigenvalue weighted by Gasteiger charge is -2.39. The SMILES string of the molecule is O=P1(c2nc(-c3ccccc3)nc(-c3ccccc3)n2)c2ccccc2-c2ccccc2N1c1ccc2c3ccccc3c3ccccc3c2c1. The molecule has 8 aromatic carbocycles. The minimum absolute atomic E-state index is 0.237. The van der Waals surface area contributed by atoms with Crippen LogP contribution in [-0.4, -0.2) is 15.0 Å². The van der Waals surface area contributed by atoms with Crippen molar-refractivity contribution in [1.29, 1.82) is 0 Å². The Hall–Kier alpha value is -6.42. The molecule has 0 radical (unpaired) electrons. The van der Waals surface area contributed by atoms with Gasteiger partial charge in [-0.3, -0.25) is 9.24 Å². The first-order valence-electron chi connectivity index (χ1n) is 17.0. The molecule has 9 aromatic rings. The zero-order valence-corrected chi connectivity index (χ0v) is 28.3. The van der Waals surface area contributed by atoms with Crippen molar-refractivity contribution >= 4 is 61.9 Å². The summed E-state index contributed by atoms with van der Waals surface area (Å²) in [6.45, 7) is 0. The molecule has 0 bridgehead atoms. The van der Waals surface area contributed by atoms with Crippen LogP contribution in [0.15, 0.2) is 176 Å². The third-order valence-electron chi connectivity index (χ3n) is 9.87. The van der Waals surface area contributed by atoms with E-state index >= 15 is 4.57 Å². The lowest BCUT2D eigenvalue weighted by Crippen LogP contribution is -2.36. The Morgan fingerprint density at radius 3 is 1.49 bits per heavy atom. The standard InChI is InChI=1S/C45H29N4OP/c50-51(45-47-43(30-15-3-1-4-16-30)46-44(48-45)31-17-5-2-6-18-31)42-26-14-12-24-39(42)38-23-11-13-25-41(38)49(51)32-27-28-37-35-21-8-7-19-33(35)34-20-9-10-22-36(34)40(37)29-32/h1-29H. The molecule has 240 valence electrons. The molecule has 1 unspecified atom stereocenters. The van der Waals surface area contributed by atoms with E-state index < -0.39 is 7.29 Å². The average molecular weight is 673 g/mol. The Bertz CT molecular complexity index is 2760. The van der Waals surface area contributed by atoms with Crippen LogP contribution in [0.5, 0.6) is 0 Å². The van der Waals surface area contributed by atoms with Gasteiger partial charge in [-0.2, -0.15) is 0 Å². The number of fused-ring (bicyclic) bond motifs is 9. The number of anilines is 2. The van der Waals surface area contributed by atoms with Crippen molar-refractivity contribution in [1.82, 2.24) is 15.0 Å². The van der Waals surface area contributed by atoms with Crippen LogP contribution in [0, 0.1) is 0 Å². The van der Waals surface area contributed by atoms with Crippen LogP contribution in [0.2, 0.25) is 0 Å². The number of hydrogen-bond acceptors (Lipinski definition) is 4. The van der Waals surface area contributed by atoms with Gasteiger partial charge in [-0.1, -0.05) is 152 Å². The number of para-hydroxylation sites is 1. The maximum Gasteiger partial charge on any atom is 0.270 e. The predicted octanol–water partition coefficient (Wildman–Crippen LogP) is 10.7. The molecule has 2 heterocycles. The van der Waals surface area contributed by atoms with Crippen LogP contribution in [0.4, 0.5) is 11.4 Å². The quantitative estimate of drug-likeness (QED) is 0.138. The summed E-state index contributed by atoms with van der Waals surface area (Å²) in [5.74, 6) is 0.948. The number of nitrogens with zero attached hydrogens (tertiary/aromatic N) is 4. The topological polar surface area (TPSA) is 59.0 Å². The summed E-state index contributed by atoms with van der Waals surface area (Å²) in [7, 11) is -3.83. The van der Waals surface area contributed by atoms with Crippen molar-refractivity contribution < 1.29 is 4.57 Å². The van der Waals surface area contributed by atoms with Gasteiger partial charge in [0.25, 0.3) is 7.29 Å². The lowest BCUT2D eigenvalue weighted by atomic mass is 9.94. The molecule has 0 saturated carbocycles. The Kier molecular flexibility index (Phi) is 6.70. The van der Waals surface area contributed by atoms with Crippen molar-refractivity contribution in [3.8, 4) is 33.9 Å². The van der Waals surface area contributed by atoms with Crippen molar-refractivity contribution in [3.05, 3.63) is 176 Å². The van der Waals surface area contributed by atoms with E-state index in [1.54, 1.807) is 0 Å². The summed E-state index contributed by atoms with van der Waals surface area (Å²) in [5.41, 5.74) is 5.44. The van der Waals surface area contributed by atoms with E-state index in [1.165, 1.54) is 16.2 Å². The zero-order chi connectivity index (χ0) is 33.9. The van der Waals surface area contributed by atoms with Gasteiger partial charge in [0.2, 0.25) is 5.57 Å². The Morgan fingerprint density at radius 1 is 0.412 bits per heavy atom. The smallest absolute Gasteiger partial charge is 0.270 e. The molecule has 51 heavy (non-hydrogen) atoms. The Labute approximate surface area is 295 Å². The molecule has 10 rings (SSSR count). The first kappa shape index (κ1) is 29.5. The molecule has 0 aliphatic carbocycles. The molecule has 6 heteroatoms. The molecule has 5 nitrogen and oxygen atoms in total. The van der Waals surface area contributed by atoms with Crippen molar-refractivity contribution in [2.24, 2.45) is 0 Å². The maximum atomic E-state index is 16.7. The number of hydrogen-bond donors (Lipinski definition) is 0. The second kappa shape index (κ2) is 11.6. The third kappa shape index (κ3) is 4.56. The van der Waals surface area contributed by atoms with Crippen molar-refractivity contribution in [3.63, 3.8) is 0 Å². The third-order valence-corrected chi connectivity index (χ3v) is 12.7. The second-order valence-corrected chi connectivity index (χ2v) is 15.2. The van der Waals surface area contributed by atoms with E-state index in [-0.39, 0.29) is 5.57 Å². The van der Waals surface area contributed by atoms with E-state index in [4.69, 9.17) is 15.0 Å². The van der Waals surface area contributed by atoms with Gasteiger partial charge in [0.1, 0.15) is 0 Å². The van der Waals surface area contributed by atoms with E-state index in [9.17, 15) is 0 Å². The number of aromatic nitrogens is 3. The highest BCUT2D eigenvalue weighted by molar-refractivity contribution is 7.80. The molecule has 1 aliphatic rings. The average Bonchev–Trinajstić information content (AvgIpc) is 3.21. The van der Waals surface area contributed by atoms with Gasteiger partial charge in [-0.15, -0.1) is 0 Å². The van der Waals surface area contributed by atoms with Gasteiger partial charge in [-0.25, -0.2) is 15.0 Å². The molecule has 0 saturated heterocycles. The molecule has 1 aliphatic heterocycles. The Morgan fingerprint density at radius 2 is 0.882 bits per heavy atom. The maximum absolute atomic E-state index is 16.7. The van der Waals surface area contributed by atoms with Gasteiger partial charge in [-0.05, 0) is 62.1 Å². The van der Waals surface area contributed by atoms with E-state index in [2.05, 4.69) is 84.9 Å². The van der Waals surface area contributed by atoms with Crippen LogP contribution in [0.25, 0.3) is 66.2 Å². The molecule has 0 N–H and O–H groups in total. The van der Waals surface area contributed by atoms with Crippen LogP contribution in [0.1, 0.15) is 0 Å². The van der Waals surface area contributed by atoms with Crippen molar-refractivity contribution in [2.75, 3.05) is 4.67 Å². The van der Waals surface area contributed by atoms with Crippen molar-refractivity contribution in [2.45, 2.75) is 0 Å². The summed E-state index contributed by atoms with van der Waals surface area (Å²) in [4.78, 5) is 15.1. The van der Waals surface area contributed by atoms with E-state index in [0.717, 1.165) is 49.8 Å². The van der Waals surface area contributed by atoms with Gasteiger partial charge < -0.3 is 0 Å². The Balaban J connectivity index is 1.31. The molecular formula is C45H29N4OP. The summed E-state index contributed by atoms with van der Waals surface area (Å²) < 4.78 is 18.7. The first-order valence-corrected chi connectivity index (χ1v) is 18.6. The minimum Gasteiger partial charge on any atom is -0.286 e. The number of benzene rings is 8. The van der Waals surface area contributed by atoms with Crippen LogP contribution >= 0.6 is 7.29 Å².